The fourth-order valence-electron chi connectivity index (χ4n) is 1.75. The summed E-state index contributed by atoms with van der Waals surface area (Å²) >= 11 is 0. The van der Waals surface area contributed by atoms with Crippen LogP contribution in [0.25, 0.3) is 0 Å². The van der Waals surface area contributed by atoms with Crippen LogP contribution in [0.5, 0.6) is 0 Å². The van der Waals surface area contributed by atoms with E-state index in [1.807, 2.05) is 6.92 Å². The van der Waals surface area contributed by atoms with E-state index in [0.717, 1.165) is 12.8 Å². The van der Waals surface area contributed by atoms with Crippen molar-refractivity contribution in [3.05, 3.63) is 0 Å². The van der Waals surface area contributed by atoms with Crippen LogP contribution in [0.3, 0.4) is 0 Å². The quantitative estimate of drug-likeness (QED) is 0.346. The van der Waals surface area contributed by atoms with Gasteiger partial charge in [0.15, 0.2) is 0 Å². The van der Waals surface area contributed by atoms with Gasteiger partial charge in [0.25, 0.3) is 0 Å². The number of hydrogen-bond acceptors (Lipinski definition) is 3. The highest BCUT2D eigenvalue weighted by Crippen LogP contribution is 2.13. The van der Waals surface area contributed by atoms with E-state index in [0.29, 0.717) is 12.8 Å². The standard InChI is InChI=1S/C13H24O3/c1-4-6-7-8-9-10-12(14)11(5-2)13(15)16-3/h11H,4-10H2,1-3H3. The Morgan fingerprint density at radius 2 is 1.69 bits per heavy atom. The Morgan fingerprint density at radius 3 is 2.19 bits per heavy atom. The third kappa shape index (κ3) is 5.89. The van der Waals surface area contributed by atoms with Crippen molar-refractivity contribution < 1.29 is 14.3 Å². The maximum atomic E-state index is 11.7. The van der Waals surface area contributed by atoms with Gasteiger partial charge in [0.1, 0.15) is 11.7 Å². The van der Waals surface area contributed by atoms with Gasteiger partial charge in [-0.25, -0.2) is 0 Å². The molecule has 16 heavy (non-hydrogen) atoms. The third-order valence-corrected chi connectivity index (χ3v) is 2.81. The molecule has 0 saturated carbocycles. The van der Waals surface area contributed by atoms with Crippen molar-refractivity contribution in [3.8, 4) is 0 Å². The molecule has 0 radical (unpaired) electrons. The van der Waals surface area contributed by atoms with Crippen LogP contribution in [0.2, 0.25) is 0 Å². The molecule has 3 nitrogen and oxygen atoms in total. The molecule has 0 rings (SSSR count). The molecule has 0 aliphatic heterocycles. The largest absolute Gasteiger partial charge is 0.468 e. The zero-order valence-electron chi connectivity index (χ0n) is 10.8. The summed E-state index contributed by atoms with van der Waals surface area (Å²) in [5.74, 6) is -0.900. The first-order valence-electron chi connectivity index (χ1n) is 6.27. The van der Waals surface area contributed by atoms with E-state index in [1.165, 1.54) is 26.4 Å². The van der Waals surface area contributed by atoms with Gasteiger partial charge >= 0.3 is 5.97 Å². The fraction of sp³-hybridized carbons (Fsp3) is 0.846. The van der Waals surface area contributed by atoms with Crippen molar-refractivity contribution in [2.75, 3.05) is 7.11 Å². The van der Waals surface area contributed by atoms with Crippen LogP contribution in [-0.2, 0) is 14.3 Å². The van der Waals surface area contributed by atoms with Crippen LogP contribution in [-0.4, -0.2) is 18.9 Å². The first-order valence-corrected chi connectivity index (χ1v) is 6.27. The molecule has 0 saturated heterocycles. The van der Waals surface area contributed by atoms with E-state index >= 15 is 0 Å². The number of unbranched alkanes of at least 4 members (excludes halogenated alkanes) is 4. The van der Waals surface area contributed by atoms with Crippen LogP contribution < -0.4 is 0 Å². The number of rotatable bonds is 9. The second-order valence-corrected chi connectivity index (χ2v) is 4.11. The fourth-order valence-corrected chi connectivity index (χ4v) is 1.75. The van der Waals surface area contributed by atoms with Gasteiger partial charge < -0.3 is 4.74 Å². The Bertz CT molecular complexity index is 211. The molecular formula is C13H24O3. The second kappa shape index (κ2) is 9.37. The number of ketones is 1. The van der Waals surface area contributed by atoms with Gasteiger partial charge in [-0.2, -0.15) is 0 Å². The molecular weight excluding hydrogens is 204 g/mol. The third-order valence-electron chi connectivity index (χ3n) is 2.81. The average molecular weight is 228 g/mol. The van der Waals surface area contributed by atoms with Crippen molar-refractivity contribution >= 4 is 11.8 Å². The molecule has 94 valence electrons. The highest BCUT2D eigenvalue weighted by Gasteiger charge is 2.24. The first kappa shape index (κ1) is 15.1. The molecule has 0 aromatic rings. The molecule has 0 aliphatic carbocycles. The number of carbonyl (C=O) groups excluding carboxylic acids is 2. The topological polar surface area (TPSA) is 43.4 Å². The minimum atomic E-state index is -0.545. The lowest BCUT2D eigenvalue weighted by Gasteiger charge is -2.10. The molecule has 0 aromatic heterocycles. The van der Waals surface area contributed by atoms with E-state index in [1.54, 1.807) is 0 Å². The van der Waals surface area contributed by atoms with Crippen molar-refractivity contribution in [2.24, 2.45) is 5.92 Å². The number of hydrogen-bond donors (Lipinski definition) is 0. The number of esters is 1. The Morgan fingerprint density at radius 1 is 1.06 bits per heavy atom. The van der Waals surface area contributed by atoms with Crippen molar-refractivity contribution in [3.63, 3.8) is 0 Å². The van der Waals surface area contributed by atoms with Crippen LogP contribution in [0, 0.1) is 5.92 Å². The lowest BCUT2D eigenvalue weighted by atomic mass is 9.96. The molecule has 0 aromatic carbocycles. The Labute approximate surface area is 98.6 Å². The minimum Gasteiger partial charge on any atom is -0.468 e. The second-order valence-electron chi connectivity index (χ2n) is 4.11. The van der Waals surface area contributed by atoms with E-state index in [9.17, 15) is 9.59 Å². The summed E-state index contributed by atoms with van der Waals surface area (Å²) in [6, 6.07) is 0. The maximum Gasteiger partial charge on any atom is 0.316 e. The van der Waals surface area contributed by atoms with E-state index < -0.39 is 5.92 Å². The van der Waals surface area contributed by atoms with Crippen molar-refractivity contribution in [2.45, 2.75) is 58.8 Å². The van der Waals surface area contributed by atoms with E-state index in [2.05, 4.69) is 11.7 Å². The highest BCUT2D eigenvalue weighted by molar-refractivity contribution is 5.98. The highest BCUT2D eigenvalue weighted by atomic mass is 16.5. The summed E-state index contributed by atoms with van der Waals surface area (Å²) in [4.78, 5) is 23.0. The Hall–Kier alpha value is -0.860. The summed E-state index contributed by atoms with van der Waals surface area (Å²) < 4.78 is 4.61. The summed E-state index contributed by atoms with van der Waals surface area (Å²) in [7, 11) is 1.33. The maximum absolute atomic E-state index is 11.7. The SMILES string of the molecule is CCCCCCCC(=O)C(CC)C(=O)OC. The van der Waals surface area contributed by atoms with E-state index in [4.69, 9.17) is 0 Å². The zero-order chi connectivity index (χ0) is 12.4. The Kier molecular flexibility index (Phi) is 8.87. The monoisotopic (exact) mass is 228 g/mol. The van der Waals surface area contributed by atoms with Gasteiger partial charge in [-0.3, -0.25) is 9.59 Å². The van der Waals surface area contributed by atoms with Gasteiger partial charge in [-0.05, 0) is 12.8 Å². The summed E-state index contributed by atoms with van der Waals surface area (Å²) in [6.07, 6.45) is 6.64. The molecule has 1 unspecified atom stereocenters. The summed E-state index contributed by atoms with van der Waals surface area (Å²) in [5, 5.41) is 0. The molecule has 1 atom stereocenters. The van der Waals surface area contributed by atoms with Gasteiger partial charge in [0, 0.05) is 6.42 Å². The molecule has 0 aliphatic rings. The number of ether oxygens (including phenoxy) is 1. The zero-order valence-corrected chi connectivity index (χ0v) is 10.8. The van der Waals surface area contributed by atoms with Crippen LogP contribution >= 0.6 is 0 Å². The van der Waals surface area contributed by atoms with Crippen LogP contribution in [0.4, 0.5) is 0 Å². The van der Waals surface area contributed by atoms with Gasteiger partial charge in [-0.1, -0.05) is 39.5 Å². The number of carbonyl (C=O) groups is 2. The molecule has 0 amide bonds. The molecule has 0 bridgehead atoms. The number of methoxy groups -OCH3 is 1. The molecule has 0 heterocycles. The summed E-state index contributed by atoms with van der Waals surface area (Å²) in [6.45, 7) is 4.01. The predicted octanol–water partition coefficient (Wildman–Crippen LogP) is 3.12. The molecule has 0 N–H and O–H groups in total. The average Bonchev–Trinajstić information content (AvgIpc) is 2.29. The lowest BCUT2D eigenvalue weighted by molar-refractivity contribution is -0.149. The van der Waals surface area contributed by atoms with Crippen molar-refractivity contribution in [1.82, 2.24) is 0 Å². The first-order chi connectivity index (χ1) is 7.67. The summed E-state index contributed by atoms with van der Waals surface area (Å²) in [5.41, 5.74) is 0. The smallest absolute Gasteiger partial charge is 0.316 e. The predicted molar refractivity (Wildman–Crippen MR) is 64.2 cm³/mol. The molecule has 0 fully saturated rings. The van der Waals surface area contributed by atoms with Crippen LogP contribution in [0.15, 0.2) is 0 Å². The molecule has 0 spiro atoms. The number of Topliss-reactive ketones (excluding diaryl/α,β-unsaturated/α-hetero) is 1. The van der Waals surface area contributed by atoms with Gasteiger partial charge in [0.2, 0.25) is 0 Å². The minimum absolute atomic E-state index is 0.0332. The molecule has 3 heteroatoms. The van der Waals surface area contributed by atoms with Gasteiger partial charge in [0.05, 0.1) is 7.11 Å². The van der Waals surface area contributed by atoms with Crippen LogP contribution in [0.1, 0.15) is 58.8 Å². The lowest BCUT2D eigenvalue weighted by Crippen LogP contribution is -2.24. The normalized spacial score (nSPS) is 12.2. The van der Waals surface area contributed by atoms with Crippen molar-refractivity contribution in [1.29, 1.82) is 0 Å². The van der Waals surface area contributed by atoms with Gasteiger partial charge in [-0.15, -0.1) is 0 Å². The van der Waals surface area contributed by atoms with E-state index in [-0.39, 0.29) is 11.8 Å². The Balaban J connectivity index is 3.80.